The van der Waals surface area contributed by atoms with E-state index in [1.165, 1.54) is 12.3 Å². The van der Waals surface area contributed by atoms with Gasteiger partial charge in [-0.3, -0.25) is 9.89 Å². The highest BCUT2D eigenvalue weighted by Crippen LogP contribution is 2.28. The predicted octanol–water partition coefficient (Wildman–Crippen LogP) is 4.25. The Morgan fingerprint density at radius 2 is 2.07 bits per heavy atom. The van der Waals surface area contributed by atoms with Crippen LogP contribution in [0.1, 0.15) is 23.0 Å². The summed E-state index contributed by atoms with van der Waals surface area (Å²) >= 11 is 11.9. The number of benzene rings is 2. The van der Waals surface area contributed by atoms with E-state index in [0.29, 0.717) is 33.7 Å². The first-order valence-corrected chi connectivity index (χ1v) is 9.03. The van der Waals surface area contributed by atoms with Crippen molar-refractivity contribution in [2.45, 2.75) is 6.92 Å². The maximum Gasteiger partial charge on any atom is 0.289 e. The van der Waals surface area contributed by atoms with Crippen LogP contribution in [-0.4, -0.2) is 34.0 Å². The number of ether oxygens (including phenoxy) is 1. The number of hydrogen-bond acceptors (Lipinski definition) is 5. The zero-order valence-electron chi connectivity index (χ0n) is 14.7. The number of H-pyrrole nitrogens is 1. The van der Waals surface area contributed by atoms with Crippen molar-refractivity contribution < 1.29 is 14.6 Å². The van der Waals surface area contributed by atoms with E-state index in [-0.39, 0.29) is 11.4 Å². The van der Waals surface area contributed by atoms with Gasteiger partial charge in [0.15, 0.2) is 11.5 Å². The number of carbonyl (C=O) groups is 1. The second-order valence-electron chi connectivity index (χ2n) is 5.66. The molecule has 0 saturated carbocycles. The van der Waals surface area contributed by atoms with Gasteiger partial charge in [0.2, 0.25) is 0 Å². The first-order valence-electron chi connectivity index (χ1n) is 8.28. The zero-order chi connectivity index (χ0) is 20.1. The molecule has 0 unspecified atom stereocenters. The van der Waals surface area contributed by atoms with Gasteiger partial charge in [0.1, 0.15) is 5.69 Å². The molecule has 3 N–H and O–H groups in total. The molecule has 0 aliphatic heterocycles. The lowest BCUT2D eigenvalue weighted by Crippen LogP contribution is -2.18. The minimum atomic E-state index is -0.459. The number of phenols is 1. The van der Waals surface area contributed by atoms with E-state index in [1.54, 1.807) is 36.4 Å². The highest BCUT2D eigenvalue weighted by molar-refractivity contribution is 6.42. The molecule has 0 bridgehead atoms. The minimum absolute atomic E-state index is 0.0373. The SMILES string of the molecule is CCOc1cc(/C=N/NC(=O)c2cc(-c3ccc(Cl)c(Cl)c3)n[nH]2)ccc1O. The second kappa shape index (κ2) is 8.77. The standard InChI is InChI=1S/C19H16Cl2N4O3/c1-2-28-18-7-11(3-6-17(18)26)10-22-25-19(27)16-9-15(23-24-16)12-4-5-13(20)14(21)8-12/h3-10,26H,2H2,1H3,(H,23,24)(H,25,27)/b22-10+. The van der Waals surface area contributed by atoms with Crippen LogP contribution >= 0.6 is 23.2 Å². The predicted molar refractivity (Wildman–Crippen MR) is 108 cm³/mol. The second-order valence-corrected chi connectivity index (χ2v) is 6.47. The van der Waals surface area contributed by atoms with Gasteiger partial charge in [-0.15, -0.1) is 0 Å². The summed E-state index contributed by atoms with van der Waals surface area (Å²) in [6, 6.07) is 11.4. The summed E-state index contributed by atoms with van der Waals surface area (Å²) in [6.45, 7) is 2.24. The molecule has 1 aromatic heterocycles. The third-order valence-corrected chi connectivity index (χ3v) is 4.44. The molecule has 7 nitrogen and oxygen atoms in total. The number of aromatic hydroxyl groups is 1. The Morgan fingerprint density at radius 1 is 1.25 bits per heavy atom. The van der Waals surface area contributed by atoms with Gasteiger partial charge >= 0.3 is 0 Å². The molecule has 1 heterocycles. The molecule has 3 rings (SSSR count). The molecular weight excluding hydrogens is 403 g/mol. The third-order valence-electron chi connectivity index (χ3n) is 3.70. The van der Waals surface area contributed by atoms with Gasteiger partial charge in [0.05, 0.1) is 28.6 Å². The summed E-state index contributed by atoms with van der Waals surface area (Å²) in [7, 11) is 0. The van der Waals surface area contributed by atoms with E-state index in [9.17, 15) is 9.90 Å². The first kappa shape index (κ1) is 19.7. The molecular formula is C19H16Cl2N4O3. The van der Waals surface area contributed by atoms with E-state index in [1.807, 2.05) is 6.92 Å². The molecule has 0 saturated heterocycles. The van der Waals surface area contributed by atoms with Gasteiger partial charge in [-0.2, -0.15) is 10.2 Å². The largest absolute Gasteiger partial charge is 0.504 e. The van der Waals surface area contributed by atoms with E-state index in [2.05, 4.69) is 20.7 Å². The molecule has 0 atom stereocenters. The lowest BCUT2D eigenvalue weighted by atomic mass is 10.1. The molecule has 2 aromatic carbocycles. The molecule has 144 valence electrons. The monoisotopic (exact) mass is 418 g/mol. The first-order chi connectivity index (χ1) is 13.5. The quantitative estimate of drug-likeness (QED) is 0.411. The van der Waals surface area contributed by atoms with E-state index in [0.717, 1.165) is 5.56 Å². The van der Waals surface area contributed by atoms with Crippen LogP contribution in [-0.2, 0) is 0 Å². The average molecular weight is 419 g/mol. The molecule has 0 fully saturated rings. The van der Waals surface area contributed by atoms with Crippen LogP contribution in [0.15, 0.2) is 47.6 Å². The fourth-order valence-corrected chi connectivity index (χ4v) is 2.65. The molecule has 9 heteroatoms. The van der Waals surface area contributed by atoms with Gasteiger partial charge in [0, 0.05) is 5.56 Å². The summed E-state index contributed by atoms with van der Waals surface area (Å²) in [4.78, 5) is 12.2. The lowest BCUT2D eigenvalue weighted by molar-refractivity contribution is 0.0950. The van der Waals surface area contributed by atoms with Crippen molar-refractivity contribution in [3.63, 3.8) is 0 Å². The lowest BCUT2D eigenvalue weighted by Gasteiger charge is -2.05. The summed E-state index contributed by atoms with van der Waals surface area (Å²) in [5.41, 5.74) is 4.57. The van der Waals surface area contributed by atoms with Crippen LogP contribution in [0.4, 0.5) is 0 Å². The fourth-order valence-electron chi connectivity index (χ4n) is 2.35. The number of nitrogens with one attached hydrogen (secondary N) is 2. The molecule has 0 radical (unpaired) electrons. The van der Waals surface area contributed by atoms with Crippen LogP contribution in [0, 0.1) is 0 Å². The van der Waals surface area contributed by atoms with Crippen molar-refractivity contribution in [3.05, 3.63) is 63.8 Å². The van der Waals surface area contributed by atoms with E-state index < -0.39 is 5.91 Å². The Labute approximate surface area is 170 Å². The number of hydrazone groups is 1. The Kier molecular flexibility index (Phi) is 6.18. The maximum absolute atomic E-state index is 12.2. The Bertz CT molecular complexity index is 1030. The number of phenolic OH excluding ortho intramolecular Hbond substituents is 1. The normalized spacial score (nSPS) is 11.0. The van der Waals surface area contributed by atoms with Gasteiger partial charge < -0.3 is 9.84 Å². The van der Waals surface area contributed by atoms with Gasteiger partial charge in [-0.1, -0.05) is 29.3 Å². The zero-order valence-corrected chi connectivity index (χ0v) is 16.3. The summed E-state index contributed by atoms with van der Waals surface area (Å²) in [5, 5.41) is 21.2. The van der Waals surface area contributed by atoms with Crippen LogP contribution in [0.3, 0.4) is 0 Å². The molecule has 0 aliphatic rings. The van der Waals surface area contributed by atoms with Crippen molar-refractivity contribution in [1.82, 2.24) is 15.6 Å². The number of rotatable bonds is 6. The summed E-state index contributed by atoms with van der Waals surface area (Å²) < 4.78 is 5.30. The van der Waals surface area contributed by atoms with Crippen LogP contribution in [0.5, 0.6) is 11.5 Å². The van der Waals surface area contributed by atoms with Crippen LogP contribution < -0.4 is 10.2 Å². The summed E-state index contributed by atoms with van der Waals surface area (Å²) in [6.07, 6.45) is 1.44. The van der Waals surface area contributed by atoms with Crippen molar-refractivity contribution in [2.24, 2.45) is 5.10 Å². The number of halogens is 2. The van der Waals surface area contributed by atoms with Crippen LogP contribution in [0.25, 0.3) is 11.3 Å². The van der Waals surface area contributed by atoms with Crippen molar-refractivity contribution >= 4 is 35.3 Å². The summed E-state index contributed by atoms with van der Waals surface area (Å²) in [5.74, 6) is -0.0770. The molecule has 0 spiro atoms. The van der Waals surface area contributed by atoms with Gasteiger partial charge in [-0.05, 0) is 48.9 Å². The highest BCUT2D eigenvalue weighted by Gasteiger charge is 2.11. The van der Waals surface area contributed by atoms with Crippen LogP contribution in [0.2, 0.25) is 10.0 Å². The maximum atomic E-state index is 12.2. The number of hydrogen-bond donors (Lipinski definition) is 3. The van der Waals surface area contributed by atoms with Gasteiger partial charge in [-0.25, -0.2) is 5.43 Å². The smallest absolute Gasteiger partial charge is 0.289 e. The van der Waals surface area contributed by atoms with Crippen molar-refractivity contribution in [3.8, 4) is 22.8 Å². The fraction of sp³-hybridized carbons (Fsp3) is 0.105. The molecule has 28 heavy (non-hydrogen) atoms. The number of carbonyl (C=O) groups excluding carboxylic acids is 1. The molecule has 3 aromatic rings. The highest BCUT2D eigenvalue weighted by atomic mass is 35.5. The Balaban J connectivity index is 1.67. The number of aromatic nitrogens is 2. The van der Waals surface area contributed by atoms with E-state index >= 15 is 0 Å². The molecule has 1 amide bonds. The van der Waals surface area contributed by atoms with E-state index in [4.69, 9.17) is 27.9 Å². The number of nitrogens with zero attached hydrogens (tertiary/aromatic N) is 2. The van der Waals surface area contributed by atoms with Crippen molar-refractivity contribution in [2.75, 3.05) is 6.61 Å². The van der Waals surface area contributed by atoms with Crippen molar-refractivity contribution in [1.29, 1.82) is 0 Å². The number of amides is 1. The molecule has 0 aliphatic carbocycles. The Morgan fingerprint density at radius 3 is 2.82 bits per heavy atom. The average Bonchev–Trinajstić information content (AvgIpc) is 3.17. The third kappa shape index (κ3) is 4.62. The Hall–Kier alpha value is -3.03. The topological polar surface area (TPSA) is 99.6 Å². The van der Waals surface area contributed by atoms with Gasteiger partial charge in [0.25, 0.3) is 5.91 Å². The number of aromatic amines is 1. The minimum Gasteiger partial charge on any atom is -0.504 e.